The fourth-order valence-corrected chi connectivity index (χ4v) is 3.51. The Morgan fingerprint density at radius 3 is 2.86 bits per heavy atom. The highest BCUT2D eigenvalue weighted by Crippen LogP contribution is 2.42. The number of aromatic nitrogens is 3. The van der Waals surface area contributed by atoms with Crippen LogP contribution in [0.3, 0.4) is 0 Å². The third kappa shape index (κ3) is 2.61. The SMILES string of the molecule is CO[C@@H]1COC[C@H]1n1cc(C(=O)NS(=O)(=O)C2(C)CC2)nn1. The van der Waals surface area contributed by atoms with Gasteiger partial charge in [0.05, 0.1) is 24.2 Å². The molecule has 0 spiro atoms. The summed E-state index contributed by atoms with van der Waals surface area (Å²) in [4.78, 5) is 12.0. The molecule has 0 bridgehead atoms. The second-order valence-electron chi connectivity index (χ2n) is 5.85. The van der Waals surface area contributed by atoms with Gasteiger partial charge in [-0.25, -0.2) is 17.8 Å². The van der Waals surface area contributed by atoms with E-state index in [1.54, 1.807) is 14.0 Å². The van der Waals surface area contributed by atoms with Crippen molar-refractivity contribution in [2.45, 2.75) is 36.7 Å². The first-order chi connectivity index (χ1) is 10.4. The van der Waals surface area contributed by atoms with Gasteiger partial charge in [0.2, 0.25) is 10.0 Å². The van der Waals surface area contributed by atoms with Gasteiger partial charge in [-0.15, -0.1) is 5.10 Å². The minimum atomic E-state index is -3.69. The van der Waals surface area contributed by atoms with E-state index in [1.807, 2.05) is 0 Å². The van der Waals surface area contributed by atoms with Crippen LogP contribution < -0.4 is 4.72 Å². The molecule has 3 rings (SSSR count). The molecule has 1 N–H and O–H groups in total. The summed E-state index contributed by atoms with van der Waals surface area (Å²) in [5.74, 6) is -0.771. The molecule has 10 heteroatoms. The van der Waals surface area contributed by atoms with Gasteiger partial charge in [0.1, 0.15) is 12.1 Å². The average molecular weight is 330 g/mol. The average Bonchev–Trinajstić information content (AvgIpc) is 2.95. The van der Waals surface area contributed by atoms with Crippen LogP contribution in [0.4, 0.5) is 0 Å². The zero-order chi connectivity index (χ0) is 16.0. The van der Waals surface area contributed by atoms with Crippen LogP contribution in [0.25, 0.3) is 0 Å². The summed E-state index contributed by atoms with van der Waals surface area (Å²) in [5.41, 5.74) is -0.0467. The predicted molar refractivity (Wildman–Crippen MR) is 74.7 cm³/mol. The first-order valence-corrected chi connectivity index (χ1v) is 8.44. The monoisotopic (exact) mass is 330 g/mol. The molecule has 122 valence electrons. The molecule has 2 heterocycles. The van der Waals surface area contributed by atoms with E-state index in [0.717, 1.165) is 0 Å². The summed E-state index contributed by atoms with van der Waals surface area (Å²) >= 11 is 0. The highest BCUT2D eigenvalue weighted by molar-refractivity contribution is 7.91. The Balaban J connectivity index is 1.72. The third-order valence-electron chi connectivity index (χ3n) is 4.22. The molecule has 0 aromatic carbocycles. The van der Waals surface area contributed by atoms with Gasteiger partial charge >= 0.3 is 0 Å². The van der Waals surface area contributed by atoms with Crippen molar-refractivity contribution >= 4 is 15.9 Å². The van der Waals surface area contributed by atoms with E-state index in [1.165, 1.54) is 10.9 Å². The molecule has 1 aliphatic carbocycles. The van der Waals surface area contributed by atoms with Gasteiger partial charge < -0.3 is 9.47 Å². The Hall–Kier alpha value is -1.52. The predicted octanol–water partition coefficient (Wildman–Crippen LogP) is -0.523. The Morgan fingerprint density at radius 2 is 2.23 bits per heavy atom. The second kappa shape index (κ2) is 5.28. The third-order valence-corrected chi connectivity index (χ3v) is 6.38. The normalized spacial score (nSPS) is 26.8. The number of methoxy groups -OCH3 is 1. The largest absolute Gasteiger partial charge is 0.377 e. The van der Waals surface area contributed by atoms with Crippen molar-refractivity contribution in [1.29, 1.82) is 0 Å². The standard InChI is InChI=1S/C12H18N4O5S/c1-12(3-4-12)22(18,19)14-11(17)8-5-16(15-13-8)9-6-21-7-10(9)20-2/h5,9-10H,3-4,6-7H2,1-2H3,(H,14,17)/t9-,10-/m1/s1. The lowest BCUT2D eigenvalue weighted by Crippen LogP contribution is -2.38. The van der Waals surface area contributed by atoms with Crippen molar-refractivity contribution in [1.82, 2.24) is 19.7 Å². The molecule has 1 aromatic heterocycles. The van der Waals surface area contributed by atoms with Crippen molar-refractivity contribution in [3.05, 3.63) is 11.9 Å². The van der Waals surface area contributed by atoms with Crippen LogP contribution in [0.15, 0.2) is 6.20 Å². The summed E-state index contributed by atoms with van der Waals surface area (Å²) in [6.45, 7) is 2.45. The highest BCUT2D eigenvalue weighted by Gasteiger charge is 2.51. The number of carbonyl (C=O) groups excluding carboxylic acids is 1. The smallest absolute Gasteiger partial charge is 0.286 e. The molecule has 1 saturated carbocycles. The van der Waals surface area contributed by atoms with Crippen LogP contribution in [0, 0.1) is 0 Å². The van der Waals surface area contributed by atoms with Gasteiger partial charge in [-0.05, 0) is 19.8 Å². The van der Waals surface area contributed by atoms with Crippen LogP contribution in [-0.4, -0.2) is 60.5 Å². The van der Waals surface area contributed by atoms with Crippen molar-refractivity contribution in [2.75, 3.05) is 20.3 Å². The number of sulfonamides is 1. The molecule has 1 aliphatic heterocycles. The molecule has 9 nitrogen and oxygen atoms in total. The van der Waals surface area contributed by atoms with Crippen LogP contribution in [-0.2, 0) is 19.5 Å². The zero-order valence-corrected chi connectivity index (χ0v) is 13.2. The number of hydrogen-bond donors (Lipinski definition) is 1. The maximum Gasteiger partial charge on any atom is 0.286 e. The van der Waals surface area contributed by atoms with Gasteiger partial charge in [0.25, 0.3) is 5.91 Å². The van der Waals surface area contributed by atoms with E-state index in [-0.39, 0.29) is 17.8 Å². The number of carbonyl (C=O) groups is 1. The summed E-state index contributed by atoms with van der Waals surface area (Å²) < 4.78 is 37.3. The molecule has 1 saturated heterocycles. The molecular formula is C12H18N4O5S. The number of nitrogens with zero attached hydrogens (tertiary/aromatic N) is 3. The van der Waals surface area contributed by atoms with Crippen LogP contribution in [0.2, 0.25) is 0 Å². The van der Waals surface area contributed by atoms with E-state index < -0.39 is 20.7 Å². The number of nitrogens with one attached hydrogen (secondary N) is 1. The summed E-state index contributed by atoms with van der Waals surface area (Å²) in [6.07, 6.45) is 2.34. The van der Waals surface area contributed by atoms with Crippen LogP contribution >= 0.6 is 0 Å². The molecule has 1 amide bonds. The maximum atomic E-state index is 12.0. The molecule has 2 aliphatic rings. The minimum absolute atomic E-state index is 0.0467. The first-order valence-electron chi connectivity index (χ1n) is 6.95. The van der Waals surface area contributed by atoms with Crippen LogP contribution in [0.5, 0.6) is 0 Å². The highest BCUT2D eigenvalue weighted by atomic mass is 32.2. The van der Waals surface area contributed by atoms with E-state index in [2.05, 4.69) is 15.0 Å². The van der Waals surface area contributed by atoms with E-state index in [9.17, 15) is 13.2 Å². The van der Waals surface area contributed by atoms with Gasteiger partial charge in [0, 0.05) is 7.11 Å². The van der Waals surface area contributed by atoms with Gasteiger partial charge in [0.15, 0.2) is 5.69 Å². The molecule has 2 fully saturated rings. The Kier molecular flexibility index (Phi) is 3.69. The Bertz CT molecular complexity index is 681. The van der Waals surface area contributed by atoms with Gasteiger partial charge in [-0.1, -0.05) is 5.21 Å². The maximum absolute atomic E-state index is 12.0. The number of rotatable bonds is 5. The minimum Gasteiger partial charge on any atom is -0.377 e. The van der Waals surface area contributed by atoms with E-state index in [0.29, 0.717) is 26.1 Å². The first kappa shape index (κ1) is 15.4. The van der Waals surface area contributed by atoms with Gasteiger partial charge in [-0.3, -0.25) is 4.79 Å². The lowest BCUT2D eigenvalue weighted by atomic mass is 10.2. The summed E-state index contributed by atoms with van der Waals surface area (Å²) in [7, 11) is -2.12. The van der Waals surface area contributed by atoms with Gasteiger partial charge in [-0.2, -0.15) is 0 Å². The zero-order valence-electron chi connectivity index (χ0n) is 12.4. The van der Waals surface area contributed by atoms with E-state index in [4.69, 9.17) is 9.47 Å². The molecule has 0 unspecified atom stereocenters. The number of ether oxygens (including phenoxy) is 2. The van der Waals surface area contributed by atoms with Crippen LogP contribution in [0.1, 0.15) is 36.3 Å². The van der Waals surface area contributed by atoms with Crippen molar-refractivity contribution in [3.63, 3.8) is 0 Å². The van der Waals surface area contributed by atoms with Crippen molar-refractivity contribution in [2.24, 2.45) is 0 Å². The molecular weight excluding hydrogens is 312 g/mol. The molecule has 0 radical (unpaired) electrons. The van der Waals surface area contributed by atoms with Crippen molar-refractivity contribution < 1.29 is 22.7 Å². The lowest BCUT2D eigenvalue weighted by molar-refractivity contribution is 0.0661. The molecule has 2 atom stereocenters. The molecule has 22 heavy (non-hydrogen) atoms. The fourth-order valence-electron chi connectivity index (χ4n) is 2.28. The number of hydrogen-bond acceptors (Lipinski definition) is 7. The molecule has 1 aromatic rings. The summed E-state index contributed by atoms with van der Waals surface area (Å²) in [5, 5.41) is 7.62. The second-order valence-corrected chi connectivity index (χ2v) is 8.04. The fraction of sp³-hybridized carbons (Fsp3) is 0.750. The topological polar surface area (TPSA) is 112 Å². The number of amides is 1. The quantitative estimate of drug-likeness (QED) is 0.772. The summed E-state index contributed by atoms with van der Waals surface area (Å²) in [6, 6.07) is -0.184. The van der Waals surface area contributed by atoms with E-state index >= 15 is 0 Å². The van der Waals surface area contributed by atoms with Crippen molar-refractivity contribution in [3.8, 4) is 0 Å². The Morgan fingerprint density at radius 1 is 1.50 bits per heavy atom. The Labute approximate surface area is 128 Å². The lowest BCUT2D eigenvalue weighted by Gasteiger charge is -2.15.